The van der Waals surface area contributed by atoms with Gasteiger partial charge in [-0.05, 0) is 12.1 Å². The number of nitrogens with one attached hydrogen (secondary N) is 1. The summed E-state index contributed by atoms with van der Waals surface area (Å²) < 4.78 is 0. The Morgan fingerprint density at radius 3 is 2.94 bits per heavy atom. The molecule has 0 radical (unpaired) electrons. The predicted molar refractivity (Wildman–Crippen MR) is 63.9 cm³/mol. The van der Waals surface area contributed by atoms with Gasteiger partial charge in [-0.25, -0.2) is 9.78 Å². The molecule has 2 rings (SSSR count). The molecule has 0 spiro atoms. The van der Waals surface area contributed by atoms with Crippen LogP contribution in [0.15, 0.2) is 30.5 Å². The molecule has 5 nitrogen and oxygen atoms in total. The Bertz CT molecular complexity index is 662. The largest absolute Gasteiger partial charge is 0.472 e. The van der Waals surface area contributed by atoms with E-state index in [4.69, 9.17) is 5.11 Å². The Kier molecular flexibility index (Phi) is 3.21. The quantitative estimate of drug-likeness (QED) is 0.612. The van der Waals surface area contributed by atoms with Crippen LogP contribution in [0.2, 0.25) is 0 Å². The van der Waals surface area contributed by atoms with Gasteiger partial charge in [-0.3, -0.25) is 4.79 Å². The van der Waals surface area contributed by atoms with Crippen LogP contribution in [0.4, 0.5) is 0 Å². The summed E-state index contributed by atoms with van der Waals surface area (Å²) in [5.74, 6) is 3.63. The van der Waals surface area contributed by atoms with E-state index >= 15 is 0 Å². The van der Waals surface area contributed by atoms with E-state index in [0.717, 1.165) is 5.56 Å². The Morgan fingerprint density at radius 2 is 2.28 bits per heavy atom. The highest BCUT2D eigenvalue weighted by Crippen LogP contribution is 2.17. The number of nitrogens with zero attached hydrogens (tertiary/aromatic N) is 1. The number of benzene rings is 1. The molecule has 0 aliphatic heterocycles. The van der Waals surface area contributed by atoms with Crippen LogP contribution in [-0.2, 0) is 4.79 Å². The van der Waals surface area contributed by atoms with Gasteiger partial charge in [0.15, 0.2) is 12.1 Å². The number of carbonyl (C=O) groups is 2. The van der Waals surface area contributed by atoms with E-state index < -0.39 is 5.97 Å². The van der Waals surface area contributed by atoms with Crippen LogP contribution in [0.5, 0.6) is 0 Å². The summed E-state index contributed by atoms with van der Waals surface area (Å²) in [5, 5.41) is 8.47. The van der Waals surface area contributed by atoms with E-state index in [1.807, 2.05) is 12.0 Å². The molecule has 0 atom stereocenters. The number of hydrogen-bond acceptors (Lipinski definition) is 3. The van der Waals surface area contributed by atoms with Gasteiger partial charge >= 0.3 is 5.97 Å². The van der Waals surface area contributed by atoms with Crippen molar-refractivity contribution < 1.29 is 14.7 Å². The van der Waals surface area contributed by atoms with Crippen molar-refractivity contribution >= 4 is 12.3 Å². The maximum atomic E-state index is 10.5. The van der Waals surface area contributed by atoms with Crippen LogP contribution in [0.25, 0.3) is 11.3 Å². The molecule has 1 aromatic carbocycles. The molecular weight excluding hydrogens is 232 g/mol. The minimum atomic E-state index is -1.18. The smallest absolute Gasteiger partial charge is 0.382 e. The fraction of sp³-hybridized carbons (Fsp3) is 0. The number of carboxylic acid groups (broad SMARTS) is 1. The number of aldehydes is 1. The second-order valence-electron chi connectivity index (χ2n) is 3.44. The molecule has 1 heterocycles. The second kappa shape index (κ2) is 4.97. The first-order valence-corrected chi connectivity index (χ1v) is 5.04. The normalized spacial score (nSPS) is 9.33. The molecule has 0 bridgehead atoms. The summed E-state index contributed by atoms with van der Waals surface area (Å²) in [7, 11) is 0. The molecule has 1 aromatic heterocycles. The lowest BCUT2D eigenvalue weighted by Gasteiger charge is -1.97. The lowest BCUT2D eigenvalue weighted by molar-refractivity contribution is -0.130. The maximum Gasteiger partial charge on any atom is 0.382 e. The van der Waals surface area contributed by atoms with Crippen molar-refractivity contribution in [2.45, 2.75) is 0 Å². The highest BCUT2D eigenvalue weighted by atomic mass is 16.4. The van der Waals surface area contributed by atoms with Crippen LogP contribution in [0.3, 0.4) is 0 Å². The summed E-state index contributed by atoms with van der Waals surface area (Å²) in [6, 6.07) is 6.99. The van der Waals surface area contributed by atoms with Gasteiger partial charge in [0.2, 0.25) is 0 Å². The van der Waals surface area contributed by atoms with Crippen LogP contribution in [-0.4, -0.2) is 27.3 Å². The monoisotopic (exact) mass is 240 g/mol. The van der Waals surface area contributed by atoms with Crippen molar-refractivity contribution in [1.82, 2.24) is 9.97 Å². The molecule has 0 unspecified atom stereocenters. The van der Waals surface area contributed by atoms with Crippen molar-refractivity contribution in [2.24, 2.45) is 0 Å². The Labute approximate surface area is 102 Å². The molecule has 2 aromatic rings. The van der Waals surface area contributed by atoms with E-state index in [1.165, 1.54) is 6.20 Å². The highest BCUT2D eigenvalue weighted by Gasteiger charge is 2.02. The van der Waals surface area contributed by atoms with E-state index in [-0.39, 0.29) is 5.82 Å². The van der Waals surface area contributed by atoms with Gasteiger partial charge in [0.25, 0.3) is 0 Å². The molecule has 2 N–H and O–H groups in total. The van der Waals surface area contributed by atoms with Crippen LogP contribution in [0, 0.1) is 11.8 Å². The number of aliphatic carboxylic acids is 1. The zero-order chi connectivity index (χ0) is 13.0. The fourth-order valence-electron chi connectivity index (χ4n) is 1.43. The minimum absolute atomic E-state index is 0.243. The lowest BCUT2D eigenvalue weighted by Crippen LogP contribution is -1.87. The molecule has 0 aliphatic carbocycles. The number of imidazole rings is 1. The van der Waals surface area contributed by atoms with Crippen molar-refractivity contribution in [3.8, 4) is 23.1 Å². The molecule has 0 amide bonds. The summed E-state index contributed by atoms with van der Waals surface area (Å²) in [6.07, 6.45) is 2.16. The zero-order valence-electron chi connectivity index (χ0n) is 9.18. The number of rotatable bonds is 2. The van der Waals surface area contributed by atoms with Gasteiger partial charge in [0.05, 0.1) is 11.9 Å². The Morgan fingerprint density at radius 1 is 1.44 bits per heavy atom. The van der Waals surface area contributed by atoms with Crippen LogP contribution >= 0.6 is 0 Å². The zero-order valence-corrected chi connectivity index (χ0v) is 9.18. The van der Waals surface area contributed by atoms with Crippen molar-refractivity contribution in [3.63, 3.8) is 0 Å². The first-order chi connectivity index (χ1) is 8.69. The SMILES string of the molecule is O=Cc1ncc(-c2cccc(C#CC(=O)O)c2)[nH]1. The van der Waals surface area contributed by atoms with Gasteiger partial charge < -0.3 is 10.1 Å². The number of aromatic amines is 1. The van der Waals surface area contributed by atoms with Crippen LogP contribution in [0.1, 0.15) is 16.2 Å². The van der Waals surface area contributed by atoms with Crippen molar-refractivity contribution in [2.75, 3.05) is 0 Å². The minimum Gasteiger partial charge on any atom is -0.472 e. The summed E-state index contributed by atoms with van der Waals surface area (Å²) in [4.78, 5) is 27.5. The standard InChI is InChI=1S/C13H8N2O3/c16-8-12-14-7-11(15-12)10-3-1-2-9(6-10)4-5-13(17)18/h1-3,6-8H,(H,14,15)(H,17,18). The molecule has 18 heavy (non-hydrogen) atoms. The third-order valence-corrected chi connectivity index (χ3v) is 2.19. The third-order valence-electron chi connectivity index (χ3n) is 2.19. The Balaban J connectivity index is 2.35. The molecule has 0 saturated heterocycles. The number of carboxylic acids is 1. The molecular formula is C13H8N2O3. The summed E-state index contributed by atoms with van der Waals surface area (Å²) in [6.45, 7) is 0. The molecule has 0 aliphatic rings. The van der Waals surface area contributed by atoms with Crippen molar-refractivity contribution in [3.05, 3.63) is 41.9 Å². The number of hydrogen-bond donors (Lipinski definition) is 2. The third kappa shape index (κ3) is 2.62. The topological polar surface area (TPSA) is 83.1 Å². The predicted octanol–water partition coefficient (Wildman–Crippen LogP) is 1.33. The van der Waals surface area contributed by atoms with Gasteiger partial charge in [-0.2, -0.15) is 0 Å². The first kappa shape index (κ1) is 11.6. The number of carbonyl (C=O) groups excluding carboxylic acids is 1. The maximum absolute atomic E-state index is 10.5. The Hall–Kier alpha value is -2.87. The van der Waals surface area contributed by atoms with Gasteiger partial charge in [0.1, 0.15) is 0 Å². The average molecular weight is 240 g/mol. The molecule has 0 saturated carbocycles. The van der Waals surface area contributed by atoms with E-state index in [1.54, 1.807) is 18.2 Å². The molecule has 5 heteroatoms. The average Bonchev–Trinajstić information content (AvgIpc) is 2.85. The highest BCUT2D eigenvalue weighted by molar-refractivity contribution is 5.87. The van der Waals surface area contributed by atoms with Crippen LogP contribution < -0.4 is 0 Å². The fourth-order valence-corrected chi connectivity index (χ4v) is 1.43. The summed E-state index contributed by atoms with van der Waals surface area (Å²) in [5.41, 5.74) is 2.04. The molecule has 0 fully saturated rings. The van der Waals surface area contributed by atoms with E-state index in [9.17, 15) is 9.59 Å². The van der Waals surface area contributed by atoms with Gasteiger partial charge in [-0.1, -0.05) is 18.1 Å². The molecule has 88 valence electrons. The van der Waals surface area contributed by atoms with E-state index in [2.05, 4.69) is 15.9 Å². The number of aromatic nitrogens is 2. The van der Waals surface area contributed by atoms with Gasteiger partial charge in [-0.15, -0.1) is 0 Å². The van der Waals surface area contributed by atoms with E-state index in [0.29, 0.717) is 17.5 Å². The lowest BCUT2D eigenvalue weighted by atomic mass is 10.1. The second-order valence-corrected chi connectivity index (χ2v) is 3.44. The first-order valence-electron chi connectivity index (χ1n) is 5.04. The summed E-state index contributed by atoms with van der Waals surface area (Å²) >= 11 is 0. The number of H-pyrrole nitrogens is 1. The van der Waals surface area contributed by atoms with Gasteiger partial charge in [0, 0.05) is 17.0 Å². The van der Waals surface area contributed by atoms with Crippen molar-refractivity contribution in [1.29, 1.82) is 0 Å².